The van der Waals surface area contributed by atoms with Gasteiger partial charge in [0.15, 0.2) is 17.2 Å². The second-order valence-corrected chi connectivity index (χ2v) is 7.39. The average molecular weight is 509 g/mol. The standard InChI is InChI=1S/C20H15Br2NO5/c1-3-17(24)27-18-14(22)8-11(10-16(18)26-2)9-15-20(25)28-19(23-15)12-6-4-5-7-13(12)21/h4-10H,3H2,1-2H3/b15-9-. The molecule has 1 aliphatic heterocycles. The molecule has 1 aliphatic rings. The van der Waals surface area contributed by atoms with E-state index in [2.05, 4.69) is 36.9 Å². The summed E-state index contributed by atoms with van der Waals surface area (Å²) in [6.07, 6.45) is 1.81. The zero-order chi connectivity index (χ0) is 20.3. The first-order valence-electron chi connectivity index (χ1n) is 8.28. The van der Waals surface area contributed by atoms with Crippen LogP contribution in [0.15, 0.2) is 56.0 Å². The Morgan fingerprint density at radius 2 is 1.96 bits per heavy atom. The maximum atomic E-state index is 12.2. The molecule has 8 heteroatoms. The summed E-state index contributed by atoms with van der Waals surface area (Å²) in [5.74, 6) is -0.0787. The van der Waals surface area contributed by atoms with Crippen molar-refractivity contribution in [3.05, 3.63) is 62.2 Å². The molecule has 3 rings (SSSR count). The zero-order valence-electron chi connectivity index (χ0n) is 15.0. The van der Waals surface area contributed by atoms with E-state index in [4.69, 9.17) is 14.2 Å². The molecule has 0 amide bonds. The largest absolute Gasteiger partial charge is 0.493 e. The highest BCUT2D eigenvalue weighted by Gasteiger charge is 2.25. The van der Waals surface area contributed by atoms with Crippen LogP contribution in [-0.4, -0.2) is 24.9 Å². The third-order valence-electron chi connectivity index (χ3n) is 3.78. The lowest BCUT2D eigenvalue weighted by molar-refractivity contribution is -0.134. The summed E-state index contributed by atoms with van der Waals surface area (Å²) < 4.78 is 17.2. The van der Waals surface area contributed by atoms with Crippen molar-refractivity contribution in [2.75, 3.05) is 7.11 Å². The summed E-state index contributed by atoms with van der Waals surface area (Å²) >= 11 is 6.79. The van der Waals surface area contributed by atoms with Gasteiger partial charge in [-0.2, -0.15) is 0 Å². The number of ether oxygens (including phenoxy) is 3. The first-order chi connectivity index (χ1) is 13.4. The number of methoxy groups -OCH3 is 1. The highest BCUT2D eigenvalue weighted by atomic mass is 79.9. The van der Waals surface area contributed by atoms with Gasteiger partial charge in [0.1, 0.15) is 0 Å². The number of cyclic esters (lactones) is 1. The van der Waals surface area contributed by atoms with Crippen LogP contribution in [0.5, 0.6) is 11.5 Å². The molecule has 0 aliphatic carbocycles. The molecule has 2 aromatic carbocycles. The van der Waals surface area contributed by atoms with Gasteiger partial charge in [-0.3, -0.25) is 4.79 Å². The number of hydrogen-bond donors (Lipinski definition) is 0. The van der Waals surface area contributed by atoms with Crippen molar-refractivity contribution in [3.63, 3.8) is 0 Å². The molecule has 0 spiro atoms. The summed E-state index contributed by atoms with van der Waals surface area (Å²) in [4.78, 5) is 28.1. The Kier molecular flexibility index (Phi) is 6.31. The van der Waals surface area contributed by atoms with E-state index in [1.807, 2.05) is 18.2 Å². The lowest BCUT2D eigenvalue weighted by atomic mass is 10.1. The van der Waals surface area contributed by atoms with Crippen LogP contribution in [-0.2, 0) is 14.3 Å². The lowest BCUT2D eigenvalue weighted by Crippen LogP contribution is -2.07. The minimum atomic E-state index is -0.553. The van der Waals surface area contributed by atoms with Crippen molar-refractivity contribution in [1.82, 2.24) is 0 Å². The van der Waals surface area contributed by atoms with Crippen molar-refractivity contribution >= 4 is 55.8 Å². The minimum absolute atomic E-state index is 0.151. The van der Waals surface area contributed by atoms with E-state index >= 15 is 0 Å². The molecule has 0 saturated heterocycles. The van der Waals surface area contributed by atoms with Gasteiger partial charge in [0.25, 0.3) is 0 Å². The quantitative estimate of drug-likeness (QED) is 0.327. The number of aliphatic imine (C=N–C) groups is 1. The van der Waals surface area contributed by atoms with Gasteiger partial charge in [0.2, 0.25) is 5.90 Å². The summed E-state index contributed by atoms with van der Waals surface area (Å²) in [6, 6.07) is 10.7. The smallest absolute Gasteiger partial charge is 0.363 e. The number of carbonyl (C=O) groups excluding carboxylic acids is 2. The van der Waals surface area contributed by atoms with Gasteiger partial charge in [-0.25, -0.2) is 9.79 Å². The molecule has 0 bridgehead atoms. The van der Waals surface area contributed by atoms with E-state index < -0.39 is 5.97 Å². The number of rotatable bonds is 5. The number of benzene rings is 2. The van der Waals surface area contributed by atoms with Gasteiger partial charge in [0, 0.05) is 10.9 Å². The molecular formula is C20H15Br2NO5. The predicted molar refractivity (Wildman–Crippen MR) is 111 cm³/mol. The molecule has 28 heavy (non-hydrogen) atoms. The maximum Gasteiger partial charge on any atom is 0.363 e. The fourth-order valence-corrected chi connectivity index (χ4v) is 3.42. The van der Waals surface area contributed by atoms with Crippen molar-refractivity contribution < 1.29 is 23.8 Å². The van der Waals surface area contributed by atoms with Crippen LogP contribution in [0.4, 0.5) is 0 Å². The fraction of sp³-hybridized carbons (Fsp3) is 0.150. The van der Waals surface area contributed by atoms with Gasteiger partial charge in [-0.15, -0.1) is 0 Å². The molecule has 0 fully saturated rings. The second-order valence-electron chi connectivity index (χ2n) is 5.68. The first-order valence-corrected chi connectivity index (χ1v) is 9.87. The van der Waals surface area contributed by atoms with E-state index in [1.54, 1.807) is 31.2 Å². The minimum Gasteiger partial charge on any atom is -0.493 e. The molecule has 1 heterocycles. The van der Waals surface area contributed by atoms with Gasteiger partial charge in [0.05, 0.1) is 17.1 Å². The van der Waals surface area contributed by atoms with Gasteiger partial charge in [-0.05, 0) is 67.8 Å². The van der Waals surface area contributed by atoms with Gasteiger partial charge in [-0.1, -0.05) is 19.1 Å². The zero-order valence-corrected chi connectivity index (χ0v) is 18.2. The molecule has 0 saturated carbocycles. The van der Waals surface area contributed by atoms with Crippen molar-refractivity contribution in [1.29, 1.82) is 0 Å². The molecule has 0 aromatic heterocycles. The van der Waals surface area contributed by atoms with E-state index in [0.29, 0.717) is 21.3 Å². The normalized spacial score (nSPS) is 14.6. The number of esters is 2. The Bertz CT molecular complexity index is 1010. The molecule has 144 valence electrons. The maximum absolute atomic E-state index is 12.2. The van der Waals surface area contributed by atoms with E-state index in [0.717, 1.165) is 4.47 Å². The van der Waals surface area contributed by atoms with Gasteiger partial charge >= 0.3 is 11.9 Å². The monoisotopic (exact) mass is 507 g/mol. The Balaban J connectivity index is 1.97. The van der Waals surface area contributed by atoms with E-state index in [1.165, 1.54) is 7.11 Å². The summed E-state index contributed by atoms with van der Waals surface area (Å²) in [7, 11) is 1.47. The number of carbonyl (C=O) groups is 2. The Hall–Kier alpha value is -2.45. The molecule has 6 nitrogen and oxygen atoms in total. The van der Waals surface area contributed by atoms with Crippen LogP contribution >= 0.6 is 31.9 Å². The molecule has 0 atom stereocenters. The molecule has 0 N–H and O–H groups in total. The van der Waals surface area contributed by atoms with Crippen LogP contribution in [0.3, 0.4) is 0 Å². The van der Waals surface area contributed by atoms with Crippen LogP contribution in [0.2, 0.25) is 0 Å². The lowest BCUT2D eigenvalue weighted by Gasteiger charge is -2.11. The molecular weight excluding hydrogens is 494 g/mol. The highest BCUT2D eigenvalue weighted by molar-refractivity contribution is 9.10. The van der Waals surface area contributed by atoms with Crippen LogP contribution in [0.1, 0.15) is 24.5 Å². The average Bonchev–Trinajstić information content (AvgIpc) is 3.03. The third kappa shape index (κ3) is 4.34. The Morgan fingerprint density at radius 3 is 2.64 bits per heavy atom. The van der Waals surface area contributed by atoms with Crippen molar-refractivity contribution in [2.24, 2.45) is 4.99 Å². The topological polar surface area (TPSA) is 74.2 Å². The van der Waals surface area contributed by atoms with Gasteiger partial charge < -0.3 is 14.2 Å². The second kappa shape index (κ2) is 8.70. The summed E-state index contributed by atoms with van der Waals surface area (Å²) in [5.41, 5.74) is 1.46. The summed E-state index contributed by atoms with van der Waals surface area (Å²) in [6.45, 7) is 1.70. The molecule has 0 unspecified atom stereocenters. The van der Waals surface area contributed by atoms with Crippen LogP contribution in [0.25, 0.3) is 6.08 Å². The van der Waals surface area contributed by atoms with Crippen LogP contribution < -0.4 is 9.47 Å². The Morgan fingerprint density at radius 1 is 1.21 bits per heavy atom. The SMILES string of the molecule is CCC(=O)Oc1c(Br)cc(/C=C2\N=C(c3ccccc3Br)OC2=O)cc1OC. The van der Waals surface area contributed by atoms with E-state index in [-0.39, 0.29) is 29.7 Å². The fourth-order valence-electron chi connectivity index (χ4n) is 2.43. The van der Waals surface area contributed by atoms with Crippen molar-refractivity contribution in [2.45, 2.75) is 13.3 Å². The Labute approximate surface area is 178 Å². The number of nitrogens with zero attached hydrogens (tertiary/aromatic N) is 1. The van der Waals surface area contributed by atoms with Crippen molar-refractivity contribution in [3.8, 4) is 11.5 Å². The van der Waals surface area contributed by atoms with Crippen LogP contribution in [0, 0.1) is 0 Å². The molecule has 0 radical (unpaired) electrons. The van der Waals surface area contributed by atoms with E-state index in [9.17, 15) is 9.59 Å². The molecule has 2 aromatic rings. The first kappa shape index (κ1) is 20.3. The summed E-state index contributed by atoms with van der Waals surface area (Å²) in [5, 5.41) is 0. The number of hydrogen-bond acceptors (Lipinski definition) is 6. The number of halogens is 2. The predicted octanol–water partition coefficient (Wildman–Crippen LogP) is 4.88. The highest BCUT2D eigenvalue weighted by Crippen LogP contribution is 2.38. The third-order valence-corrected chi connectivity index (χ3v) is 5.07.